The van der Waals surface area contributed by atoms with Crippen molar-refractivity contribution in [2.75, 3.05) is 51.2 Å². The van der Waals surface area contributed by atoms with Crippen LogP contribution in [-0.4, -0.2) is 82.4 Å². The average Bonchev–Trinajstić information content (AvgIpc) is 2.73. The zero-order valence-corrected chi connectivity index (χ0v) is 18.6. The van der Waals surface area contributed by atoms with Crippen molar-refractivity contribution in [3.8, 4) is 0 Å². The number of sulfonamides is 1. The SMILES string of the molecule is CN1CCN(C(=O)[C@H](CN)NS(=O)(=O)c2cccc(N3CCCCC3=O)c2Cl)CC1. The molecule has 1 atom stereocenters. The number of carbonyl (C=O) groups is 2. The second-order valence-electron chi connectivity index (χ2n) is 7.63. The molecule has 9 nitrogen and oxygen atoms in total. The Bertz CT molecular complexity index is 902. The number of hydrogen-bond donors (Lipinski definition) is 2. The largest absolute Gasteiger partial charge is 0.339 e. The number of rotatable bonds is 6. The van der Waals surface area contributed by atoms with Crippen LogP contribution in [0.3, 0.4) is 0 Å². The molecular weight excluding hydrogens is 430 g/mol. The Kier molecular flexibility index (Phi) is 7.35. The van der Waals surface area contributed by atoms with Crippen molar-refractivity contribution in [1.29, 1.82) is 0 Å². The second-order valence-corrected chi connectivity index (χ2v) is 9.69. The van der Waals surface area contributed by atoms with E-state index in [1.165, 1.54) is 17.0 Å². The van der Waals surface area contributed by atoms with Gasteiger partial charge in [-0.15, -0.1) is 0 Å². The van der Waals surface area contributed by atoms with Crippen LogP contribution in [0.15, 0.2) is 23.1 Å². The minimum atomic E-state index is -4.13. The number of hydrogen-bond acceptors (Lipinski definition) is 6. The summed E-state index contributed by atoms with van der Waals surface area (Å²) in [4.78, 5) is 30.1. The molecule has 2 amide bonds. The van der Waals surface area contributed by atoms with E-state index in [1.807, 2.05) is 7.05 Å². The Morgan fingerprint density at radius 3 is 2.53 bits per heavy atom. The fraction of sp³-hybridized carbons (Fsp3) is 0.579. The predicted molar refractivity (Wildman–Crippen MR) is 115 cm³/mol. The van der Waals surface area contributed by atoms with Gasteiger partial charge in [0.1, 0.15) is 10.9 Å². The molecule has 0 saturated carbocycles. The molecule has 11 heteroatoms. The van der Waals surface area contributed by atoms with Crippen LogP contribution in [0, 0.1) is 0 Å². The molecule has 0 spiro atoms. The van der Waals surface area contributed by atoms with Gasteiger partial charge in [-0.1, -0.05) is 17.7 Å². The first-order valence-corrected chi connectivity index (χ1v) is 11.9. The average molecular weight is 458 g/mol. The molecule has 166 valence electrons. The third-order valence-electron chi connectivity index (χ3n) is 5.49. The van der Waals surface area contributed by atoms with E-state index in [0.717, 1.165) is 12.8 Å². The van der Waals surface area contributed by atoms with Crippen molar-refractivity contribution in [3.05, 3.63) is 23.2 Å². The number of anilines is 1. The summed E-state index contributed by atoms with van der Waals surface area (Å²) in [5, 5.41) is -0.0388. The van der Waals surface area contributed by atoms with Crippen molar-refractivity contribution in [2.24, 2.45) is 5.73 Å². The van der Waals surface area contributed by atoms with Gasteiger partial charge in [-0.2, -0.15) is 4.72 Å². The van der Waals surface area contributed by atoms with Gasteiger partial charge in [0.15, 0.2) is 0 Å². The minimum Gasteiger partial charge on any atom is -0.339 e. The Labute approximate surface area is 182 Å². The lowest BCUT2D eigenvalue weighted by atomic mass is 10.1. The van der Waals surface area contributed by atoms with Gasteiger partial charge < -0.3 is 20.4 Å². The number of likely N-dealkylation sites (N-methyl/N-ethyl adjacent to an activating group) is 1. The van der Waals surface area contributed by atoms with E-state index in [9.17, 15) is 18.0 Å². The number of nitrogens with zero attached hydrogens (tertiary/aromatic N) is 3. The van der Waals surface area contributed by atoms with Crippen LogP contribution in [0.4, 0.5) is 5.69 Å². The molecule has 0 radical (unpaired) electrons. The summed E-state index contributed by atoms with van der Waals surface area (Å²) in [5.41, 5.74) is 6.09. The molecule has 0 bridgehead atoms. The van der Waals surface area contributed by atoms with Crippen molar-refractivity contribution < 1.29 is 18.0 Å². The molecule has 2 fully saturated rings. The summed E-state index contributed by atoms with van der Waals surface area (Å²) >= 11 is 6.42. The van der Waals surface area contributed by atoms with Crippen LogP contribution in [0.1, 0.15) is 19.3 Å². The third-order valence-corrected chi connectivity index (χ3v) is 7.52. The van der Waals surface area contributed by atoms with Crippen LogP contribution in [0.25, 0.3) is 0 Å². The highest BCUT2D eigenvalue weighted by molar-refractivity contribution is 7.89. The van der Waals surface area contributed by atoms with Crippen molar-refractivity contribution >= 4 is 39.1 Å². The molecule has 0 unspecified atom stereocenters. The molecule has 30 heavy (non-hydrogen) atoms. The molecule has 2 aliphatic heterocycles. The van der Waals surface area contributed by atoms with Gasteiger partial charge in [-0.3, -0.25) is 9.59 Å². The number of amides is 2. The van der Waals surface area contributed by atoms with Crippen molar-refractivity contribution in [3.63, 3.8) is 0 Å². The number of benzene rings is 1. The number of carbonyl (C=O) groups excluding carboxylic acids is 2. The maximum Gasteiger partial charge on any atom is 0.242 e. The lowest BCUT2D eigenvalue weighted by Crippen LogP contribution is -2.56. The first kappa shape index (κ1) is 23.0. The van der Waals surface area contributed by atoms with E-state index < -0.39 is 16.1 Å². The van der Waals surface area contributed by atoms with Crippen molar-refractivity contribution in [2.45, 2.75) is 30.2 Å². The van der Waals surface area contributed by atoms with Gasteiger partial charge in [0, 0.05) is 45.7 Å². The summed E-state index contributed by atoms with van der Waals surface area (Å²) in [5.74, 6) is -0.441. The third kappa shape index (κ3) is 4.94. The predicted octanol–water partition coefficient (Wildman–Crippen LogP) is 0.237. The fourth-order valence-corrected chi connectivity index (χ4v) is 5.50. The first-order valence-electron chi connectivity index (χ1n) is 10.0. The lowest BCUT2D eigenvalue weighted by Gasteiger charge is -2.34. The summed E-state index contributed by atoms with van der Waals surface area (Å²) in [6.45, 7) is 2.78. The van der Waals surface area contributed by atoms with Gasteiger partial charge in [0.25, 0.3) is 0 Å². The number of piperazine rings is 1. The molecule has 1 aromatic rings. The second kappa shape index (κ2) is 9.61. The highest BCUT2D eigenvalue weighted by atomic mass is 35.5. The van der Waals surface area contributed by atoms with Crippen LogP contribution in [0.2, 0.25) is 5.02 Å². The number of nitrogens with two attached hydrogens (primary N) is 1. The number of piperidine rings is 1. The maximum atomic E-state index is 13.0. The molecule has 3 N–H and O–H groups in total. The summed E-state index contributed by atoms with van der Waals surface area (Å²) in [6.07, 6.45) is 2.03. The normalized spacial score (nSPS) is 19.8. The Morgan fingerprint density at radius 2 is 1.90 bits per heavy atom. The smallest absolute Gasteiger partial charge is 0.242 e. The van der Waals surface area contributed by atoms with E-state index in [-0.39, 0.29) is 28.3 Å². The standard InChI is InChI=1S/C19H28ClN5O4S/c1-23-9-11-24(12-10-23)19(27)14(13-21)22-30(28,29)16-6-4-5-15(18(16)20)25-8-3-2-7-17(25)26/h4-6,14,22H,2-3,7-13,21H2,1H3/t14-/m0/s1. The van der Waals surface area contributed by atoms with Gasteiger partial charge >= 0.3 is 0 Å². The number of nitrogens with one attached hydrogen (secondary N) is 1. The molecule has 0 aromatic heterocycles. The van der Waals surface area contributed by atoms with Gasteiger partial charge in [0.2, 0.25) is 21.8 Å². The fourth-order valence-electron chi connectivity index (χ4n) is 3.67. The molecule has 1 aromatic carbocycles. The van der Waals surface area contributed by atoms with E-state index >= 15 is 0 Å². The Hall–Kier alpha value is -1.72. The summed E-state index contributed by atoms with van der Waals surface area (Å²) in [6, 6.07) is 3.43. The van der Waals surface area contributed by atoms with Crippen LogP contribution < -0.4 is 15.4 Å². The van der Waals surface area contributed by atoms with Crippen LogP contribution >= 0.6 is 11.6 Å². The van der Waals surface area contributed by atoms with E-state index in [2.05, 4.69) is 9.62 Å². The van der Waals surface area contributed by atoms with Gasteiger partial charge in [0.05, 0.1) is 10.7 Å². The summed E-state index contributed by atoms with van der Waals surface area (Å²) in [7, 11) is -2.17. The van der Waals surface area contributed by atoms with Gasteiger partial charge in [-0.05, 0) is 32.0 Å². The Morgan fingerprint density at radius 1 is 1.20 bits per heavy atom. The topological polar surface area (TPSA) is 116 Å². The van der Waals surface area contributed by atoms with E-state index in [4.69, 9.17) is 17.3 Å². The molecular formula is C19H28ClN5O4S. The maximum absolute atomic E-state index is 13.0. The molecule has 2 saturated heterocycles. The lowest BCUT2D eigenvalue weighted by molar-refractivity contribution is -0.134. The number of halogens is 1. The zero-order valence-electron chi connectivity index (χ0n) is 17.0. The first-order chi connectivity index (χ1) is 14.2. The van der Waals surface area contributed by atoms with Gasteiger partial charge in [-0.25, -0.2) is 8.42 Å². The minimum absolute atomic E-state index is 0.0388. The van der Waals surface area contributed by atoms with E-state index in [1.54, 1.807) is 11.0 Å². The van der Waals surface area contributed by atoms with E-state index in [0.29, 0.717) is 44.8 Å². The summed E-state index contributed by atoms with van der Waals surface area (Å²) < 4.78 is 28.5. The Balaban J connectivity index is 1.81. The molecule has 2 heterocycles. The molecule has 2 aliphatic rings. The molecule has 0 aliphatic carbocycles. The van der Waals surface area contributed by atoms with Crippen molar-refractivity contribution in [1.82, 2.24) is 14.5 Å². The highest BCUT2D eigenvalue weighted by Crippen LogP contribution is 2.34. The van der Waals surface area contributed by atoms with Crippen LogP contribution in [-0.2, 0) is 19.6 Å². The van der Waals surface area contributed by atoms with Crippen LogP contribution in [0.5, 0.6) is 0 Å². The molecule has 3 rings (SSSR count). The quantitative estimate of drug-likeness (QED) is 0.632. The zero-order chi connectivity index (χ0) is 21.9. The monoisotopic (exact) mass is 457 g/mol. The highest BCUT2D eigenvalue weighted by Gasteiger charge is 2.32.